The number of anilines is 1. The number of methoxy groups -OCH3 is 1. The number of benzene rings is 1. The van der Waals surface area contributed by atoms with Gasteiger partial charge in [0.1, 0.15) is 5.75 Å². The van der Waals surface area contributed by atoms with Gasteiger partial charge in [-0.1, -0.05) is 5.16 Å². The first-order valence-electron chi connectivity index (χ1n) is 5.78. The number of nitrogens with one attached hydrogen (secondary N) is 1. The molecular formula is C13H11BrN2O5. The standard InChI is InChI=1S/C13H11BrN2O5/c1-6(17)15-12-9(20-2)4-3-7(14)11(12)10-5-8(13(18)19)16-21-10/h3-5H,1-2H3,(H,15,17)(H,18,19). The predicted octanol–water partition coefficient (Wildman–Crippen LogP) is 2.77. The van der Waals surface area contributed by atoms with Crippen LogP contribution in [0, 0.1) is 0 Å². The number of carbonyl (C=O) groups excluding carboxylic acids is 1. The first-order chi connectivity index (χ1) is 9.93. The Hall–Kier alpha value is -2.35. The van der Waals surface area contributed by atoms with E-state index in [1.807, 2.05) is 0 Å². The van der Waals surface area contributed by atoms with Crippen LogP contribution in [0.4, 0.5) is 5.69 Å². The lowest BCUT2D eigenvalue weighted by molar-refractivity contribution is -0.114. The van der Waals surface area contributed by atoms with Crippen molar-refractivity contribution in [2.45, 2.75) is 6.92 Å². The van der Waals surface area contributed by atoms with Crippen molar-refractivity contribution in [2.24, 2.45) is 0 Å². The number of amides is 1. The molecule has 0 aliphatic carbocycles. The van der Waals surface area contributed by atoms with Crippen LogP contribution < -0.4 is 10.1 Å². The molecule has 8 heteroatoms. The molecule has 7 nitrogen and oxygen atoms in total. The van der Waals surface area contributed by atoms with Gasteiger partial charge in [0.15, 0.2) is 11.5 Å². The monoisotopic (exact) mass is 354 g/mol. The molecule has 0 fully saturated rings. The molecule has 0 saturated carbocycles. The number of aromatic carboxylic acids is 1. The van der Waals surface area contributed by atoms with Crippen molar-refractivity contribution in [3.63, 3.8) is 0 Å². The number of carboxylic acid groups (broad SMARTS) is 1. The molecule has 0 spiro atoms. The summed E-state index contributed by atoms with van der Waals surface area (Å²) in [5, 5.41) is 15.0. The summed E-state index contributed by atoms with van der Waals surface area (Å²) in [4.78, 5) is 22.3. The van der Waals surface area contributed by atoms with Crippen LogP contribution in [0.25, 0.3) is 11.3 Å². The lowest BCUT2D eigenvalue weighted by atomic mass is 10.1. The van der Waals surface area contributed by atoms with Crippen LogP contribution in [-0.4, -0.2) is 29.2 Å². The number of hydrogen-bond donors (Lipinski definition) is 2. The number of rotatable bonds is 4. The molecule has 0 unspecified atom stereocenters. The van der Waals surface area contributed by atoms with Gasteiger partial charge in [-0.3, -0.25) is 4.79 Å². The van der Waals surface area contributed by atoms with Gasteiger partial charge in [0.2, 0.25) is 5.91 Å². The third-order valence-corrected chi connectivity index (χ3v) is 3.27. The fourth-order valence-corrected chi connectivity index (χ4v) is 2.29. The van der Waals surface area contributed by atoms with Gasteiger partial charge in [-0.2, -0.15) is 0 Å². The van der Waals surface area contributed by atoms with Crippen LogP contribution in [-0.2, 0) is 4.79 Å². The normalized spacial score (nSPS) is 10.2. The zero-order valence-electron chi connectivity index (χ0n) is 11.1. The number of hydrogen-bond acceptors (Lipinski definition) is 5. The smallest absolute Gasteiger partial charge is 0.358 e. The SMILES string of the molecule is COc1ccc(Br)c(-c2cc(C(=O)O)no2)c1NC(C)=O. The van der Waals surface area contributed by atoms with Gasteiger partial charge in [0.25, 0.3) is 0 Å². The molecule has 0 saturated heterocycles. The fraction of sp³-hybridized carbons (Fsp3) is 0.154. The first kappa shape index (κ1) is 15.0. The summed E-state index contributed by atoms with van der Waals surface area (Å²) in [5.41, 5.74) is 0.588. The maximum absolute atomic E-state index is 11.4. The number of halogens is 1. The molecule has 0 aliphatic heterocycles. The van der Waals surface area contributed by atoms with Gasteiger partial charge in [-0.05, 0) is 28.1 Å². The van der Waals surface area contributed by atoms with Crippen LogP contribution in [0.15, 0.2) is 27.2 Å². The molecule has 2 rings (SSSR count). The van der Waals surface area contributed by atoms with E-state index in [0.717, 1.165) is 0 Å². The van der Waals surface area contributed by atoms with E-state index in [4.69, 9.17) is 14.4 Å². The summed E-state index contributed by atoms with van der Waals surface area (Å²) in [6.07, 6.45) is 0. The minimum Gasteiger partial charge on any atom is -0.495 e. The highest BCUT2D eigenvalue weighted by Crippen LogP contribution is 2.41. The number of carboxylic acids is 1. The van der Waals surface area contributed by atoms with Crippen molar-refractivity contribution in [1.29, 1.82) is 0 Å². The van der Waals surface area contributed by atoms with Crippen molar-refractivity contribution >= 4 is 33.5 Å². The van der Waals surface area contributed by atoms with Gasteiger partial charge in [0, 0.05) is 17.5 Å². The molecule has 0 atom stereocenters. The molecule has 0 bridgehead atoms. The van der Waals surface area contributed by atoms with Gasteiger partial charge in [-0.15, -0.1) is 0 Å². The zero-order valence-corrected chi connectivity index (χ0v) is 12.7. The number of ether oxygens (including phenoxy) is 1. The highest BCUT2D eigenvalue weighted by Gasteiger charge is 2.21. The molecule has 1 heterocycles. The summed E-state index contributed by atoms with van der Waals surface area (Å²) in [5.74, 6) is -0.894. The molecule has 1 aromatic carbocycles. The molecule has 0 radical (unpaired) electrons. The van der Waals surface area contributed by atoms with E-state index >= 15 is 0 Å². The van der Waals surface area contributed by atoms with Gasteiger partial charge in [0.05, 0.1) is 18.4 Å². The van der Waals surface area contributed by atoms with E-state index in [1.54, 1.807) is 12.1 Å². The molecule has 110 valence electrons. The van der Waals surface area contributed by atoms with E-state index < -0.39 is 5.97 Å². The lowest BCUT2D eigenvalue weighted by Gasteiger charge is -2.14. The third-order valence-electron chi connectivity index (χ3n) is 2.61. The van der Waals surface area contributed by atoms with Gasteiger partial charge < -0.3 is 19.7 Å². The molecule has 21 heavy (non-hydrogen) atoms. The Labute approximate surface area is 128 Å². The third kappa shape index (κ3) is 3.05. The fourth-order valence-electron chi connectivity index (χ4n) is 1.76. The summed E-state index contributed by atoms with van der Waals surface area (Å²) < 4.78 is 10.8. The van der Waals surface area contributed by atoms with E-state index in [0.29, 0.717) is 21.5 Å². The topological polar surface area (TPSA) is 102 Å². The number of carbonyl (C=O) groups is 2. The summed E-state index contributed by atoms with van der Waals surface area (Å²) in [6, 6.07) is 4.63. The maximum Gasteiger partial charge on any atom is 0.358 e. The van der Waals surface area contributed by atoms with E-state index in [9.17, 15) is 9.59 Å². The van der Waals surface area contributed by atoms with Gasteiger partial charge >= 0.3 is 5.97 Å². The average Bonchev–Trinajstić information content (AvgIpc) is 2.88. The van der Waals surface area contributed by atoms with E-state index in [2.05, 4.69) is 26.4 Å². The second kappa shape index (κ2) is 5.96. The second-order valence-electron chi connectivity index (χ2n) is 4.06. The van der Waals surface area contributed by atoms with Crippen LogP contribution in [0.1, 0.15) is 17.4 Å². The van der Waals surface area contributed by atoms with E-state index in [1.165, 1.54) is 20.1 Å². The molecular weight excluding hydrogens is 344 g/mol. The Kier molecular flexibility index (Phi) is 4.27. The second-order valence-corrected chi connectivity index (χ2v) is 4.92. The van der Waals surface area contributed by atoms with Gasteiger partial charge in [-0.25, -0.2) is 4.79 Å². The Morgan fingerprint density at radius 2 is 2.14 bits per heavy atom. The van der Waals surface area contributed by atoms with E-state index in [-0.39, 0.29) is 17.4 Å². The van der Waals surface area contributed by atoms with Crippen LogP contribution in [0.2, 0.25) is 0 Å². The molecule has 2 N–H and O–H groups in total. The number of nitrogens with zero attached hydrogens (tertiary/aromatic N) is 1. The van der Waals surface area contributed by atoms with Crippen molar-refractivity contribution in [2.75, 3.05) is 12.4 Å². The summed E-state index contributed by atoms with van der Waals surface area (Å²) >= 11 is 3.34. The summed E-state index contributed by atoms with van der Waals surface area (Å²) in [6.45, 7) is 1.35. The number of aromatic nitrogens is 1. The Bertz CT molecular complexity index is 711. The molecule has 1 amide bonds. The van der Waals surface area contributed by atoms with Crippen LogP contribution in [0.3, 0.4) is 0 Å². The van der Waals surface area contributed by atoms with Crippen molar-refractivity contribution < 1.29 is 24.0 Å². The maximum atomic E-state index is 11.4. The van der Waals surface area contributed by atoms with Crippen LogP contribution in [0.5, 0.6) is 5.75 Å². The largest absolute Gasteiger partial charge is 0.495 e. The molecule has 2 aromatic rings. The zero-order chi connectivity index (χ0) is 15.6. The van der Waals surface area contributed by atoms with Crippen LogP contribution >= 0.6 is 15.9 Å². The Balaban J connectivity index is 2.64. The highest BCUT2D eigenvalue weighted by molar-refractivity contribution is 9.10. The van der Waals surface area contributed by atoms with Crippen molar-refractivity contribution in [1.82, 2.24) is 5.16 Å². The minimum atomic E-state index is -1.20. The lowest BCUT2D eigenvalue weighted by Crippen LogP contribution is -2.08. The van der Waals surface area contributed by atoms with Crippen molar-refractivity contribution in [3.8, 4) is 17.1 Å². The Morgan fingerprint density at radius 1 is 1.43 bits per heavy atom. The average molecular weight is 355 g/mol. The minimum absolute atomic E-state index is 0.196. The highest BCUT2D eigenvalue weighted by atomic mass is 79.9. The first-order valence-corrected chi connectivity index (χ1v) is 6.57. The molecule has 1 aromatic heterocycles. The Morgan fingerprint density at radius 3 is 2.67 bits per heavy atom. The molecule has 0 aliphatic rings. The predicted molar refractivity (Wildman–Crippen MR) is 77.5 cm³/mol. The summed E-state index contributed by atoms with van der Waals surface area (Å²) in [7, 11) is 1.46. The quantitative estimate of drug-likeness (QED) is 0.875. The van der Waals surface area contributed by atoms with Crippen molar-refractivity contribution in [3.05, 3.63) is 28.4 Å².